The Balaban J connectivity index is 1.97. The molecular weight excluding hydrogens is 322 g/mol. The Morgan fingerprint density at radius 3 is 2.77 bits per heavy atom. The van der Waals surface area contributed by atoms with Crippen LogP contribution in [-0.4, -0.2) is 17.3 Å². The Morgan fingerprint density at radius 2 is 2.05 bits per heavy atom. The second-order valence-corrected chi connectivity index (χ2v) is 5.87. The molecule has 3 rings (SSSR count). The van der Waals surface area contributed by atoms with Crippen LogP contribution in [0.1, 0.15) is 9.67 Å². The largest absolute Gasteiger partial charge is 0.327 e. The lowest BCUT2D eigenvalue weighted by molar-refractivity contribution is -0.105. The van der Waals surface area contributed by atoms with E-state index in [1.165, 1.54) is 17.5 Å². The highest BCUT2D eigenvalue weighted by Crippen LogP contribution is 2.35. The zero-order chi connectivity index (χ0) is 15.5. The van der Waals surface area contributed by atoms with Crippen molar-refractivity contribution in [1.29, 1.82) is 0 Å². The van der Waals surface area contributed by atoms with Gasteiger partial charge in [-0.05, 0) is 18.2 Å². The SMILES string of the molecule is O=CNc1c(C(=O)Nc2ccc(Cl)cn2)sc2ccccc12. The van der Waals surface area contributed by atoms with Crippen molar-refractivity contribution in [3.63, 3.8) is 0 Å². The molecule has 0 atom stereocenters. The van der Waals surface area contributed by atoms with Gasteiger partial charge in [0.15, 0.2) is 0 Å². The van der Waals surface area contributed by atoms with Gasteiger partial charge in [0.25, 0.3) is 5.91 Å². The van der Waals surface area contributed by atoms with Crippen molar-refractivity contribution in [3.05, 3.63) is 52.5 Å². The Morgan fingerprint density at radius 1 is 1.23 bits per heavy atom. The van der Waals surface area contributed by atoms with Gasteiger partial charge in [0.2, 0.25) is 6.41 Å². The van der Waals surface area contributed by atoms with Crippen molar-refractivity contribution in [1.82, 2.24) is 4.98 Å². The molecule has 5 nitrogen and oxygen atoms in total. The monoisotopic (exact) mass is 331 g/mol. The van der Waals surface area contributed by atoms with Gasteiger partial charge in [-0.1, -0.05) is 29.8 Å². The van der Waals surface area contributed by atoms with Gasteiger partial charge >= 0.3 is 0 Å². The van der Waals surface area contributed by atoms with Gasteiger partial charge in [-0.15, -0.1) is 11.3 Å². The zero-order valence-electron chi connectivity index (χ0n) is 11.2. The maximum Gasteiger partial charge on any atom is 0.269 e. The van der Waals surface area contributed by atoms with Crippen molar-refractivity contribution < 1.29 is 9.59 Å². The van der Waals surface area contributed by atoms with E-state index < -0.39 is 0 Å². The number of hydrogen-bond donors (Lipinski definition) is 2. The minimum absolute atomic E-state index is 0.333. The molecule has 7 heteroatoms. The quantitative estimate of drug-likeness (QED) is 0.715. The molecule has 0 fully saturated rings. The fourth-order valence-electron chi connectivity index (χ4n) is 2.03. The Kier molecular flexibility index (Phi) is 4.04. The topological polar surface area (TPSA) is 71.1 Å². The summed E-state index contributed by atoms with van der Waals surface area (Å²) in [6.07, 6.45) is 2.01. The summed E-state index contributed by atoms with van der Waals surface area (Å²) >= 11 is 7.07. The standard InChI is InChI=1S/C15H10ClN3O2S/c16-9-5-6-12(17-7-9)19-15(21)14-13(18-8-20)10-3-1-2-4-11(10)22-14/h1-8H,(H,18,20)(H,17,19,21). The molecule has 0 bridgehead atoms. The summed E-state index contributed by atoms with van der Waals surface area (Å²) in [5.74, 6) is 0.0595. The number of halogens is 1. The van der Waals surface area contributed by atoms with Gasteiger partial charge in [-0.25, -0.2) is 4.98 Å². The molecule has 1 aromatic carbocycles. The van der Waals surface area contributed by atoms with Crippen LogP contribution < -0.4 is 10.6 Å². The smallest absolute Gasteiger partial charge is 0.269 e. The summed E-state index contributed by atoms with van der Waals surface area (Å²) in [5, 5.41) is 6.61. The Labute approximate surface area is 134 Å². The molecule has 2 N–H and O–H groups in total. The molecule has 0 aliphatic heterocycles. The van der Waals surface area contributed by atoms with E-state index in [9.17, 15) is 9.59 Å². The molecule has 22 heavy (non-hydrogen) atoms. The molecule has 2 aromatic heterocycles. The highest BCUT2D eigenvalue weighted by atomic mass is 35.5. The third kappa shape index (κ3) is 2.79. The molecule has 0 aliphatic carbocycles. The maximum atomic E-state index is 12.4. The first-order chi connectivity index (χ1) is 10.7. The van der Waals surface area contributed by atoms with Gasteiger partial charge in [0, 0.05) is 16.3 Å². The van der Waals surface area contributed by atoms with Crippen LogP contribution in [0.25, 0.3) is 10.1 Å². The van der Waals surface area contributed by atoms with Gasteiger partial charge in [0.05, 0.1) is 10.7 Å². The van der Waals surface area contributed by atoms with Gasteiger partial charge < -0.3 is 10.6 Å². The molecule has 2 amide bonds. The van der Waals surface area contributed by atoms with E-state index in [1.807, 2.05) is 24.3 Å². The lowest BCUT2D eigenvalue weighted by atomic mass is 10.2. The van der Waals surface area contributed by atoms with Crippen LogP contribution in [0.4, 0.5) is 11.5 Å². The number of fused-ring (bicyclic) bond motifs is 1. The number of carbonyl (C=O) groups excluding carboxylic acids is 2. The summed E-state index contributed by atoms with van der Waals surface area (Å²) in [4.78, 5) is 27.7. The van der Waals surface area contributed by atoms with Crippen molar-refractivity contribution in [3.8, 4) is 0 Å². The molecule has 0 spiro atoms. The molecule has 3 aromatic rings. The first-order valence-corrected chi connectivity index (χ1v) is 7.53. The van der Waals surface area contributed by atoms with E-state index in [0.717, 1.165) is 10.1 Å². The van der Waals surface area contributed by atoms with Crippen LogP contribution in [-0.2, 0) is 4.79 Å². The van der Waals surface area contributed by atoms with Crippen molar-refractivity contribution in [2.45, 2.75) is 0 Å². The minimum Gasteiger partial charge on any atom is -0.327 e. The number of amides is 2. The molecule has 0 aliphatic rings. The number of benzene rings is 1. The van der Waals surface area contributed by atoms with Crippen LogP contribution in [0.3, 0.4) is 0 Å². The fourth-order valence-corrected chi connectivity index (χ4v) is 3.20. The molecule has 0 saturated carbocycles. The molecule has 0 radical (unpaired) electrons. The number of nitrogens with one attached hydrogen (secondary N) is 2. The lowest BCUT2D eigenvalue weighted by Gasteiger charge is -2.05. The summed E-state index contributed by atoms with van der Waals surface area (Å²) in [6.45, 7) is 0. The number of nitrogens with zero attached hydrogens (tertiary/aromatic N) is 1. The zero-order valence-corrected chi connectivity index (χ0v) is 12.7. The number of rotatable bonds is 4. The van der Waals surface area contributed by atoms with E-state index in [2.05, 4.69) is 15.6 Å². The van der Waals surface area contributed by atoms with E-state index in [0.29, 0.717) is 27.8 Å². The summed E-state index contributed by atoms with van der Waals surface area (Å²) in [7, 11) is 0. The number of pyridine rings is 1. The second kappa shape index (κ2) is 6.13. The number of hydrogen-bond acceptors (Lipinski definition) is 4. The fraction of sp³-hybridized carbons (Fsp3) is 0. The minimum atomic E-state index is -0.333. The third-order valence-corrected chi connectivity index (χ3v) is 4.37. The Hall–Kier alpha value is -2.44. The third-order valence-electron chi connectivity index (χ3n) is 2.97. The predicted octanol–water partition coefficient (Wildman–Crippen LogP) is 3.77. The van der Waals surface area contributed by atoms with E-state index in [4.69, 9.17) is 11.6 Å². The van der Waals surface area contributed by atoms with Gasteiger partial charge in [0.1, 0.15) is 10.7 Å². The first-order valence-electron chi connectivity index (χ1n) is 6.33. The van der Waals surface area contributed by atoms with Crippen LogP contribution >= 0.6 is 22.9 Å². The van der Waals surface area contributed by atoms with E-state index in [1.54, 1.807) is 12.1 Å². The Bertz CT molecular complexity index is 846. The average molecular weight is 332 g/mol. The molecular formula is C15H10ClN3O2S. The molecule has 0 unspecified atom stereocenters. The normalized spacial score (nSPS) is 10.4. The summed E-state index contributed by atoms with van der Waals surface area (Å²) in [6, 6.07) is 10.7. The lowest BCUT2D eigenvalue weighted by Crippen LogP contribution is -2.13. The van der Waals surface area contributed by atoms with E-state index in [-0.39, 0.29) is 5.91 Å². The van der Waals surface area contributed by atoms with E-state index >= 15 is 0 Å². The molecule has 110 valence electrons. The summed E-state index contributed by atoms with van der Waals surface area (Å²) in [5.41, 5.74) is 0.502. The van der Waals surface area contributed by atoms with Crippen LogP contribution in [0, 0.1) is 0 Å². The maximum absolute atomic E-state index is 12.4. The second-order valence-electron chi connectivity index (χ2n) is 4.38. The predicted molar refractivity (Wildman–Crippen MR) is 88.7 cm³/mol. The highest BCUT2D eigenvalue weighted by molar-refractivity contribution is 7.21. The van der Waals surface area contributed by atoms with Crippen molar-refractivity contribution in [2.24, 2.45) is 0 Å². The average Bonchev–Trinajstić information content (AvgIpc) is 2.89. The number of carbonyl (C=O) groups is 2. The summed E-state index contributed by atoms with van der Waals surface area (Å²) < 4.78 is 0.918. The van der Waals surface area contributed by atoms with Crippen LogP contribution in [0.5, 0.6) is 0 Å². The number of thiophene rings is 1. The number of anilines is 2. The van der Waals surface area contributed by atoms with Gasteiger partial charge in [-0.3, -0.25) is 9.59 Å². The van der Waals surface area contributed by atoms with Gasteiger partial charge in [-0.2, -0.15) is 0 Å². The van der Waals surface area contributed by atoms with Crippen molar-refractivity contribution >= 4 is 56.8 Å². The van der Waals surface area contributed by atoms with Crippen LogP contribution in [0.2, 0.25) is 5.02 Å². The molecule has 2 heterocycles. The first kappa shape index (κ1) is 14.5. The number of aromatic nitrogens is 1. The molecule has 0 saturated heterocycles. The van der Waals surface area contributed by atoms with Crippen molar-refractivity contribution in [2.75, 3.05) is 10.6 Å². The highest BCUT2D eigenvalue weighted by Gasteiger charge is 2.18. The van der Waals surface area contributed by atoms with Crippen LogP contribution in [0.15, 0.2) is 42.6 Å².